The van der Waals surface area contributed by atoms with Crippen LogP contribution in [0.3, 0.4) is 0 Å². The number of nitriles is 1. The standard InChI is InChI=1S/C10H12F2N2/c1-2-7-14-9(8-13)3-5-10(11,12)6-4-9/h1,14H,3-7H2. The number of alkyl halides is 2. The van der Waals surface area contributed by atoms with E-state index in [1.54, 1.807) is 0 Å². The van der Waals surface area contributed by atoms with E-state index in [4.69, 9.17) is 11.7 Å². The molecule has 2 nitrogen and oxygen atoms in total. The van der Waals surface area contributed by atoms with Crippen LogP contribution in [0.5, 0.6) is 0 Å². The van der Waals surface area contributed by atoms with Crippen LogP contribution in [0.1, 0.15) is 25.7 Å². The van der Waals surface area contributed by atoms with Gasteiger partial charge in [-0.05, 0) is 12.8 Å². The van der Waals surface area contributed by atoms with Gasteiger partial charge < -0.3 is 0 Å². The smallest absolute Gasteiger partial charge is 0.248 e. The van der Waals surface area contributed by atoms with Gasteiger partial charge in [0.05, 0.1) is 12.6 Å². The van der Waals surface area contributed by atoms with Gasteiger partial charge in [0.2, 0.25) is 5.92 Å². The van der Waals surface area contributed by atoms with Gasteiger partial charge in [0, 0.05) is 12.8 Å². The first-order chi connectivity index (χ1) is 6.54. The van der Waals surface area contributed by atoms with Crippen LogP contribution in [0.15, 0.2) is 0 Å². The Balaban J connectivity index is 2.59. The quantitative estimate of drug-likeness (QED) is 0.685. The molecule has 14 heavy (non-hydrogen) atoms. The fourth-order valence-electron chi connectivity index (χ4n) is 1.59. The van der Waals surface area contributed by atoms with Gasteiger partial charge in [0.25, 0.3) is 0 Å². The lowest BCUT2D eigenvalue weighted by Crippen LogP contribution is -2.49. The highest BCUT2D eigenvalue weighted by Gasteiger charge is 2.43. The van der Waals surface area contributed by atoms with Crippen LogP contribution in [0.4, 0.5) is 8.78 Å². The highest BCUT2D eigenvalue weighted by Crippen LogP contribution is 2.37. The van der Waals surface area contributed by atoms with E-state index in [2.05, 4.69) is 17.3 Å². The van der Waals surface area contributed by atoms with E-state index in [1.807, 2.05) is 0 Å². The summed E-state index contributed by atoms with van der Waals surface area (Å²) in [5.74, 6) is -0.268. The minimum atomic E-state index is -2.61. The Morgan fingerprint density at radius 3 is 2.29 bits per heavy atom. The summed E-state index contributed by atoms with van der Waals surface area (Å²) in [5.41, 5.74) is -0.839. The summed E-state index contributed by atoms with van der Waals surface area (Å²) in [5, 5.41) is 11.8. The Hall–Kier alpha value is -1.13. The molecule has 0 saturated heterocycles. The van der Waals surface area contributed by atoms with Crippen molar-refractivity contribution in [3.05, 3.63) is 0 Å². The number of terminal acetylenes is 1. The van der Waals surface area contributed by atoms with Crippen molar-refractivity contribution in [1.82, 2.24) is 5.32 Å². The largest absolute Gasteiger partial charge is 0.288 e. The summed E-state index contributed by atoms with van der Waals surface area (Å²) in [6.45, 7) is 0.249. The highest BCUT2D eigenvalue weighted by atomic mass is 19.3. The maximum Gasteiger partial charge on any atom is 0.248 e. The first-order valence-electron chi connectivity index (χ1n) is 4.51. The fraction of sp³-hybridized carbons (Fsp3) is 0.700. The molecule has 0 heterocycles. The number of nitrogens with zero attached hydrogens (tertiary/aromatic N) is 1. The zero-order valence-corrected chi connectivity index (χ0v) is 7.82. The average Bonchev–Trinajstić information content (AvgIpc) is 2.18. The van der Waals surface area contributed by atoms with Crippen molar-refractivity contribution in [3.63, 3.8) is 0 Å². The molecule has 1 saturated carbocycles. The molecule has 0 atom stereocenters. The van der Waals surface area contributed by atoms with Crippen molar-refractivity contribution in [3.8, 4) is 18.4 Å². The van der Waals surface area contributed by atoms with Crippen molar-refractivity contribution in [1.29, 1.82) is 5.26 Å². The SMILES string of the molecule is C#CCNC1(C#N)CCC(F)(F)CC1. The molecule has 0 aromatic rings. The van der Waals surface area contributed by atoms with Gasteiger partial charge in [-0.2, -0.15) is 5.26 Å². The van der Waals surface area contributed by atoms with Gasteiger partial charge in [-0.25, -0.2) is 8.78 Å². The molecule has 0 amide bonds. The van der Waals surface area contributed by atoms with Gasteiger partial charge in [-0.3, -0.25) is 5.32 Å². The Bertz CT molecular complexity index is 275. The van der Waals surface area contributed by atoms with Gasteiger partial charge in [-0.1, -0.05) is 5.92 Å². The Labute approximate surface area is 82.3 Å². The second kappa shape index (κ2) is 3.94. The predicted octanol–water partition coefficient (Wildman–Crippen LogP) is 1.68. The number of rotatable bonds is 2. The van der Waals surface area contributed by atoms with Crippen LogP contribution in [0.2, 0.25) is 0 Å². The van der Waals surface area contributed by atoms with E-state index in [0.717, 1.165) is 0 Å². The third-order valence-electron chi connectivity index (χ3n) is 2.58. The molecule has 0 spiro atoms. The Kier molecular flexibility index (Phi) is 3.08. The van der Waals surface area contributed by atoms with Gasteiger partial charge in [0.15, 0.2) is 0 Å². The van der Waals surface area contributed by atoms with Crippen LogP contribution in [0, 0.1) is 23.7 Å². The molecule has 1 N–H and O–H groups in total. The lowest BCUT2D eigenvalue weighted by atomic mass is 9.81. The van der Waals surface area contributed by atoms with Gasteiger partial charge >= 0.3 is 0 Å². The molecule has 1 rings (SSSR count). The molecule has 1 aliphatic carbocycles. The summed E-state index contributed by atoms with van der Waals surface area (Å²) in [4.78, 5) is 0. The first-order valence-corrected chi connectivity index (χ1v) is 4.51. The molecule has 1 aliphatic rings. The summed E-state index contributed by atoms with van der Waals surface area (Å²) < 4.78 is 25.7. The van der Waals surface area contributed by atoms with E-state index in [-0.39, 0.29) is 32.2 Å². The van der Waals surface area contributed by atoms with Crippen LogP contribution in [-0.4, -0.2) is 18.0 Å². The second-order valence-electron chi connectivity index (χ2n) is 3.61. The molecular formula is C10H12F2N2. The summed E-state index contributed by atoms with van der Waals surface area (Å²) >= 11 is 0. The maximum atomic E-state index is 12.8. The van der Waals surface area contributed by atoms with Crippen LogP contribution < -0.4 is 5.32 Å². The molecule has 0 radical (unpaired) electrons. The molecule has 0 aromatic carbocycles. The number of hydrogen-bond donors (Lipinski definition) is 1. The summed E-state index contributed by atoms with van der Waals surface area (Å²) in [6, 6.07) is 2.05. The van der Waals surface area contributed by atoms with Crippen LogP contribution >= 0.6 is 0 Å². The second-order valence-corrected chi connectivity index (χ2v) is 3.61. The minimum Gasteiger partial charge on any atom is -0.288 e. The van der Waals surface area contributed by atoms with E-state index >= 15 is 0 Å². The summed E-state index contributed by atoms with van der Waals surface area (Å²) in [6.07, 6.45) is 4.90. The predicted molar refractivity (Wildman–Crippen MR) is 48.6 cm³/mol. The van der Waals surface area contributed by atoms with E-state index in [9.17, 15) is 8.78 Å². The van der Waals surface area contributed by atoms with Crippen molar-refractivity contribution >= 4 is 0 Å². The minimum absolute atomic E-state index is 0.165. The normalized spacial score (nSPS) is 23.4. The number of hydrogen-bond acceptors (Lipinski definition) is 2. The van der Waals surface area contributed by atoms with Crippen LogP contribution in [-0.2, 0) is 0 Å². The van der Waals surface area contributed by atoms with Gasteiger partial charge in [-0.15, -0.1) is 6.42 Å². The van der Waals surface area contributed by atoms with Gasteiger partial charge in [0.1, 0.15) is 5.54 Å². The molecule has 1 fully saturated rings. The molecule has 4 heteroatoms. The van der Waals surface area contributed by atoms with E-state index in [0.29, 0.717) is 0 Å². The molecule has 76 valence electrons. The zero-order valence-electron chi connectivity index (χ0n) is 7.82. The average molecular weight is 198 g/mol. The molecule has 0 unspecified atom stereocenters. The summed E-state index contributed by atoms with van der Waals surface area (Å²) in [7, 11) is 0. The molecule has 0 aromatic heterocycles. The van der Waals surface area contributed by atoms with Crippen molar-refractivity contribution in [2.24, 2.45) is 0 Å². The third kappa shape index (κ3) is 2.43. The zero-order chi connectivity index (χ0) is 10.7. The van der Waals surface area contributed by atoms with Crippen LogP contribution in [0.25, 0.3) is 0 Å². The maximum absolute atomic E-state index is 12.8. The Morgan fingerprint density at radius 1 is 1.29 bits per heavy atom. The fourth-order valence-corrected chi connectivity index (χ4v) is 1.59. The molecule has 0 aliphatic heterocycles. The lowest BCUT2D eigenvalue weighted by molar-refractivity contribution is -0.0478. The topological polar surface area (TPSA) is 35.8 Å². The van der Waals surface area contributed by atoms with E-state index < -0.39 is 11.5 Å². The van der Waals surface area contributed by atoms with Crippen molar-refractivity contribution < 1.29 is 8.78 Å². The highest BCUT2D eigenvalue weighted by molar-refractivity contribution is 5.11. The molecular weight excluding hydrogens is 186 g/mol. The van der Waals surface area contributed by atoms with Crippen molar-refractivity contribution in [2.45, 2.75) is 37.1 Å². The number of nitrogens with one attached hydrogen (secondary N) is 1. The third-order valence-corrected chi connectivity index (χ3v) is 2.58. The monoisotopic (exact) mass is 198 g/mol. The van der Waals surface area contributed by atoms with E-state index in [1.165, 1.54) is 0 Å². The first kappa shape index (κ1) is 10.9. The number of halogens is 2. The Morgan fingerprint density at radius 2 is 1.86 bits per heavy atom. The van der Waals surface area contributed by atoms with Crippen molar-refractivity contribution in [2.75, 3.05) is 6.54 Å². The molecule has 0 bridgehead atoms. The lowest BCUT2D eigenvalue weighted by Gasteiger charge is -2.35.